The van der Waals surface area contributed by atoms with Gasteiger partial charge in [0.05, 0.1) is 0 Å². The molecule has 23 heavy (non-hydrogen) atoms. The fraction of sp³-hybridized carbons (Fsp3) is 0.316. The number of amides is 1. The number of carbonyl (C=O) groups excluding carboxylic acids is 1. The van der Waals surface area contributed by atoms with Crippen LogP contribution in [0.2, 0.25) is 0 Å². The molecule has 1 aliphatic heterocycles. The average Bonchev–Trinajstić information content (AvgIpc) is 2.96. The topological polar surface area (TPSA) is 46.3 Å². The van der Waals surface area contributed by atoms with Gasteiger partial charge in [0.15, 0.2) is 0 Å². The molecule has 1 amide bonds. The predicted octanol–water partition coefficient (Wildman–Crippen LogP) is 2.99. The molecule has 2 N–H and O–H groups in total. The average molecular weight is 331 g/mol. The molecule has 4 heteroatoms. The normalized spacial score (nSPS) is 20.1. The first kappa shape index (κ1) is 17.5. The maximum Gasteiger partial charge on any atom is 0.222 e. The van der Waals surface area contributed by atoms with Crippen molar-refractivity contribution in [2.24, 2.45) is 5.73 Å². The lowest BCUT2D eigenvalue weighted by molar-refractivity contribution is -0.130. The third-order valence-electron chi connectivity index (χ3n) is 4.42. The third kappa shape index (κ3) is 4.34. The Labute approximate surface area is 143 Å². The Hall–Kier alpha value is -1.84. The molecule has 3 nitrogen and oxygen atoms in total. The molecule has 0 spiro atoms. The molecular weight excluding hydrogens is 308 g/mol. The number of carbonyl (C=O) groups is 1. The van der Waals surface area contributed by atoms with Gasteiger partial charge in [-0.3, -0.25) is 4.79 Å². The highest BCUT2D eigenvalue weighted by Gasteiger charge is 2.33. The molecule has 0 saturated carbocycles. The Kier molecular flexibility index (Phi) is 6.20. The molecule has 0 bridgehead atoms. The smallest absolute Gasteiger partial charge is 0.222 e. The second-order valence-electron chi connectivity index (χ2n) is 5.97. The molecular formula is C19H23ClN2O. The number of hydrogen-bond donors (Lipinski definition) is 1. The van der Waals surface area contributed by atoms with Crippen LogP contribution in [0.3, 0.4) is 0 Å². The summed E-state index contributed by atoms with van der Waals surface area (Å²) in [7, 11) is 0. The van der Waals surface area contributed by atoms with Gasteiger partial charge in [0.1, 0.15) is 0 Å². The first-order chi connectivity index (χ1) is 10.7. The summed E-state index contributed by atoms with van der Waals surface area (Å²) in [5.74, 6) is 0.458. The highest BCUT2D eigenvalue weighted by molar-refractivity contribution is 5.85. The predicted molar refractivity (Wildman–Crippen MR) is 95.7 cm³/mol. The van der Waals surface area contributed by atoms with Crippen molar-refractivity contribution in [2.75, 3.05) is 13.1 Å². The van der Waals surface area contributed by atoms with Crippen molar-refractivity contribution in [2.45, 2.75) is 24.8 Å². The minimum absolute atomic E-state index is 0. The zero-order chi connectivity index (χ0) is 15.4. The van der Waals surface area contributed by atoms with E-state index in [0.717, 1.165) is 13.0 Å². The van der Waals surface area contributed by atoms with Crippen LogP contribution in [-0.4, -0.2) is 29.9 Å². The first-order valence-electron chi connectivity index (χ1n) is 7.86. The van der Waals surface area contributed by atoms with Crippen LogP contribution in [0.5, 0.6) is 0 Å². The summed E-state index contributed by atoms with van der Waals surface area (Å²) in [6, 6.07) is 20.4. The van der Waals surface area contributed by atoms with E-state index in [1.54, 1.807) is 0 Å². The van der Waals surface area contributed by atoms with Gasteiger partial charge in [0, 0.05) is 31.5 Å². The second kappa shape index (κ2) is 8.14. The summed E-state index contributed by atoms with van der Waals surface area (Å²) < 4.78 is 0. The zero-order valence-electron chi connectivity index (χ0n) is 13.1. The molecule has 0 aliphatic carbocycles. The Bertz CT molecular complexity index is 618. The summed E-state index contributed by atoms with van der Waals surface area (Å²) in [4.78, 5) is 14.3. The first-order valence-corrected chi connectivity index (χ1v) is 7.86. The van der Waals surface area contributed by atoms with Crippen molar-refractivity contribution < 1.29 is 4.79 Å². The monoisotopic (exact) mass is 330 g/mol. The Morgan fingerprint density at radius 2 is 1.61 bits per heavy atom. The quantitative estimate of drug-likeness (QED) is 0.936. The van der Waals surface area contributed by atoms with Crippen molar-refractivity contribution in [3.8, 4) is 0 Å². The van der Waals surface area contributed by atoms with Gasteiger partial charge in [0.2, 0.25) is 5.91 Å². The molecule has 1 saturated heterocycles. The molecule has 1 aliphatic rings. The Balaban J connectivity index is 0.00000192. The number of benzene rings is 2. The maximum atomic E-state index is 12.4. The second-order valence-corrected chi connectivity index (χ2v) is 5.97. The molecule has 3 rings (SSSR count). The van der Waals surface area contributed by atoms with E-state index in [1.807, 2.05) is 41.3 Å². The van der Waals surface area contributed by atoms with Crippen molar-refractivity contribution in [1.82, 2.24) is 4.90 Å². The van der Waals surface area contributed by atoms with Crippen LogP contribution < -0.4 is 5.73 Å². The number of halogens is 1. The third-order valence-corrected chi connectivity index (χ3v) is 4.42. The van der Waals surface area contributed by atoms with Crippen LogP contribution in [0.15, 0.2) is 60.7 Å². The van der Waals surface area contributed by atoms with E-state index in [2.05, 4.69) is 24.3 Å². The van der Waals surface area contributed by atoms with Gasteiger partial charge in [0.25, 0.3) is 0 Å². The largest absolute Gasteiger partial charge is 0.340 e. The summed E-state index contributed by atoms with van der Waals surface area (Å²) >= 11 is 0. The van der Waals surface area contributed by atoms with Gasteiger partial charge in [-0.05, 0) is 17.5 Å². The fourth-order valence-corrected chi connectivity index (χ4v) is 3.14. The minimum Gasteiger partial charge on any atom is -0.340 e. The van der Waals surface area contributed by atoms with Crippen LogP contribution in [0.4, 0.5) is 0 Å². The Morgan fingerprint density at radius 3 is 2.26 bits per heavy atom. The highest BCUT2D eigenvalue weighted by Crippen LogP contribution is 2.26. The highest BCUT2D eigenvalue weighted by atomic mass is 35.5. The molecule has 0 aromatic heterocycles. The van der Waals surface area contributed by atoms with E-state index in [4.69, 9.17) is 5.73 Å². The molecule has 1 fully saturated rings. The van der Waals surface area contributed by atoms with Crippen LogP contribution in [-0.2, 0) is 11.2 Å². The molecule has 2 aromatic carbocycles. The number of aryl methyl sites for hydroxylation is 1. The lowest BCUT2D eigenvalue weighted by Gasteiger charge is -2.16. The molecule has 1 heterocycles. The summed E-state index contributed by atoms with van der Waals surface area (Å²) in [5.41, 5.74) is 8.69. The van der Waals surface area contributed by atoms with Gasteiger partial charge in [-0.2, -0.15) is 0 Å². The molecule has 2 aromatic rings. The number of rotatable bonds is 4. The van der Waals surface area contributed by atoms with Crippen LogP contribution in [0.1, 0.15) is 23.5 Å². The van der Waals surface area contributed by atoms with Gasteiger partial charge in [-0.25, -0.2) is 0 Å². The van der Waals surface area contributed by atoms with Gasteiger partial charge >= 0.3 is 0 Å². The van der Waals surface area contributed by atoms with E-state index < -0.39 is 0 Å². The van der Waals surface area contributed by atoms with E-state index >= 15 is 0 Å². The molecule has 0 unspecified atom stereocenters. The van der Waals surface area contributed by atoms with E-state index in [0.29, 0.717) is 13.0 Å². The standard InChI is InChI=1S/C19H22N2O.ClH/c20-18-14-21(13-17(18)16-9-5-2-6-10-16)19(22)12-11-15-7-3-1-4-8-15;/h1-10,17-18H,11-14,20H2;1H/t17-,18+;/m0./s1. The van der Waals surface area contributed by atoms with E-state index in [9.17, 15) is 4.79 Å². The summed E-state index contributed by atoms with van der Waals surface area (Å²) in [6.07, 6.45) is 1.35. The number of hydrogen-bond acceptors (Lipinski definition) is 2. The van der Waals surface area contributed by atoms with Gasteiger partial charge in [-0.1, -0.05) is 60.7 Å². The van der Waals surface area contributed by atoms with Crippen molar-refractivity contribution >= 4 is 18.3 Å². The molecule has 2 atom stereocenters. The minimum atomic E-state index is 0. The lowest BCUT2D eigenvalue weighted by atomic mass is 9.95. The Morgan fingerprint density at radius 1 is 1.00 bits per heavy atom. The lowest BCUT2D eigenvalue weighted by Crippen LogP contribution is -2.32. The summed E-state index contributed by atoms with van der Waals surface area (Å²) in [5, 5.41) is 0. The van der Waals surface area contributed by atoms with E-state index in [-0.39, 0.29) is 30.3 Å². The van der Waals surface area contributed by atoms with Gasteiger partial charge in [-0.15, -0.1) is 12.4 Å². The summed E-state index contributed by atoms with van der Waals surface area (Å²) in [6.45, 7) is 1.39. The van der Waals surface area contributed by atoms with Crippen molar-refractivity contribution in [1.29, 1.82) is 0 Å². The number of likely N-dealkylation sites (tertiary alicyclic amines) is 1. The molecule has 122 valence electrons. The van der Waals surface area contributed by atoms with Crippen LogP contribution in [0.25, 0.3) is 0 Å². The number of nitrogens with two attached hydrogens (primary N) is 1. The number of nitrogens with zero attached hydrogens (tertiary/aromatic N) is 1. The van der Waals surface area contributed by atoms with Gasteiger partial charge < -0.3 is 10.6 Å². The van der Waals surface area contributed by atoms with Crippen molar-refractivity contribution in [3.05, 3.63) is 71.8 Å². The zero-order valence-corrected chi connectivity index (χ0v) is 13.9. The van der Waals surface area contributed by atoms with Crippen molar-refractivity contribution in [3.63, 3.8) is 0 Å². The van der Waals surface area contributed by atoms with E-state index in [1.165, 1.54) is 11.1 Å². The fourth-order valence-electron chi connectivity index (χ4n) is 3.14. The SMILES string of the molecule is Cl.N[C@@H]1CN(C(=O)CCc2ccccc2)C[C@H]1c1ccccc1. The molecule has 0 radical (unpaired) electrons. The maximum absolute atomic E-state index is 12.4. The van der Waals surface area contributed by atoms with Crippen LogP contribution >= 0.6 is 12.4 Å². The van der Waals surface area contributed by atoms with Crippen LogP contribution in [0, 0.1) is 0 Å².